The highest BCUT2D eigenvalue weighted by Gasteiger charge is 2.58. The average Bonchev–Trinajstić information content (AvgIpc) is 3.33. The first-order valence-electron chi connectivity index (χ1n) is 8.17. The highest BCUT2D eigenvalue weighted by molar-refractivity contribution is 6.07. The monoisotopic (exact) mass is 300 g/mol. The number of hydrogen-bond acceptors (Lipinski definition) is 2. The fourth-order valence-corrected chi connectivity index (χ4v) is 3.10. The van der Waals surface area contributed by atoms with Gasteiger partial charge in [0.1, 0.15) is 5.41 Å². The molecule has 1 N–H and O–H groups in total. The first-order chi connectivity index (χ1) is 10.5. The molecular formula is C18H24N2O2. The van der Waals surface area contributed by atoms with Gasteiger partial charge in [-0.25, -0.2) is 0 Å². The van der Waals surface area contributed by atoms with Crippen LogP contribution in [0.5, 0.6) is 0 Å². The van der Waals surface area contributed by atoms with Crippen LogP contribution in [0.25, 0.3) is 0 Å². The molecule has 22 heavy (non-hydrogen) atoms. The molecule has 2 aliphatic rings. The Kier molecular flexibility index (Phi) is 3.94. The van der Waals surface area contributed by atoms with Crippen LogP contribution in [0.15, 0.2) is 24.3 Å². The van der Waals surface area contributed by atoms with Crippen molar-refractivity contribution in [1.82, 2.24) is 10.2 Å². The third kappa shape index (κ3) is 2.74. The van der Waals surface area contributed by atoms with Crippen LogP contribution in [-0.2, 0) is 22.6 Å². The molecular weight excluding hydrogens is 276 g/mol. The number of rotatable bonds is 4. The van der Waals surface area contributed by atoms with Crippen molar-refractivity contribution < 1.29 is 9.59 Å². The van der Waals surface area contributed by atoms with Crippen LogP contribution in [0.1, 0.15) is 37.8 Å². The van der Waals surface area contributed by atoms with E-state index in [9.17, 15) is 9.59 Å². The molecule has 0 unspecified atom stereocenters. The van der Waals surface area contributed by atoms with Gasteiger partial charge < -0.3 is 10.2 Å². The summed E-state index contributed by atoms with van der Waals surface area (Å²) in [5.41, 5.74) is 1.75. The molecule has 1 aliphatic carbocycles. The van der Waals surface area contributed by atoms with Gasteiger partial charge in [-0.05, 0) is 36.3 Å². The molecule has 1 aliphatic heterocycles. The lowest BCUT2D eigenvalue weighted by Crippen LogP contribution is -2.47. The highest BCUT2D eigenvalue weighted by atomic mass is 16.2. The molecule has 0 atom stereocenters. The molecule has 1 saturated carbocycles. The second-order valence-electron chi connectivity index (χ2n) is 6.93. The molecule has 0 bridgehead atoms. The standard InChI is InChI=1S/C18H24N2O2/c1-13(2)11-19-16(21)18(8-9-18)17(22)20-10-7-14-5-3-4-6-15(14)12-20/h3-6,13H,7-12H2,1-2H3,(H,19,21). The number of benzene rings is 1. The van der Waals surface area contributed by atoms with E-state index in [1.165, 1.54) is 11.1 Å². The summed E-state index contributed by atoms with van der Waals surface area (Å²) >= 11 is 0. The predicted molar refractivity (Wildman–Crippen MR) is 85.1 cm³/mol. The van der Waals surface area contributed by atoms with Crippen molar-refractivity contribution in [2.24, 2.45) is 11.3 Å². The molecule has 3 rings (SSSR count). The van der Waals surface area contributed by atoms with Crippen molar-refractivity contribution in [2.45, 2.75) is 39.7 Å². The second-order valence-corrected chi connectivity index (χ2v) is 6.93. The largest absolute Gasteiger partial charge is 0.355 e. The van der Waals surface area contributed by atoms with Crippen LogP contribution >= 0.6 is 0 Å². The van der Waals surface area contributed by atoms with Crippen molar-refractivity contribution in [3.05, 3.63) is 35.4 Å². The summed E-state index contributed by atoms with van der Waals surface area (Å²) in [7, 11) is 0. The number of amides is 2. The van der Waals surface area contributed by atoms with Crippen LogP contribution in [0.2, 0.25) is 0 Å². The van der Waals surface area contributed by atoms with Crippen LogP contribution in [0.4, 0.5) is 0 Å². The van der Waals surface area contributed by atoms with Gasteiger partial charge in [-0.1, -0.05) is 38.1 Å². The summed E-state index contributed by atoms with van der Waals surface area (Å²) in [6.07, 6.45) is 2.26. The number of carbonyl (C=O) groups excluding carboxylic acids is 2. The molecule has 1 fully saturated rings. The number of carbonyl (C=O) groups is 2. The van der Waals surface area contributed by atoms with Gasteiger partial charge in [0.2, 0.25) is 11.8 Å². The zero-order valence-corrected chi connectivity index (χ0v) is 13.4. The molecule has 1 heterocycles. The zero-order valence-electron chi connectivity index (χ0n) is 13.4. The Morgan fingerprint density at radius 1 is 1.23 bits per heavy atom. The maximum atomic E-state index is 12.8. The third-order valence-electron chi connectivity index (χ3n) is 4.68. The van der Waals surface area contributed by atoms with E-state index in [2.05, 4.69) is 31.3 Å². The normalized spacial score (nSPS) is 18.8. The van der Waals surface area contributed by atoms with Crippen LogP contribution in [0.3, 0.4) is 0 Å². The Morgan fingerprint density at radius 3 is 2.55 bits per heavy atom. The first kappa shape index (κ1) is 15.1. The van der Waals surface area contributed by atoms with E-state index in [0.717, 1.165) is 13.0 Å². The SMILES string of the molecule is CC(C)CNC(=O)C1(C(=O)N2CCc3ccccc3C2)CC1. The van der Waals surface area contributed by atoms with Crippen molar-refractivity contribution in [2.75, 3.05) is 13.1 Å². The Labute approximate surface area is 131 Å². The van der Waals surface area contributed by atoms with E-state index >= 15 is 0 Å². The van der Waals surface area contributed by atoms with Crippen LogP contribution in [0, 0.1) is 11.3 Å². The van der Waals surface area contributed by atoms with E-state index in [1.807, 2.05) is 17.0 Å². The van der Waals surface area contributed by atoms with Gasteiger partial charge in [0, 0.05) is 19.6 Å². The summed E-state index contributed by atoms with van der Waals surface area (Å²) in [5, 5.41) is 2.94. The van der Waals surface area contributed by atoms with Gasteiger partial charge in [0.25, 0.3) is 0 Å². The highest BCUT2D eigenvalue weighted by Crippen LogP contribution is 2.48. The smallest absolute Gasteiger partial charge is 0.238 e. The Balaban J connectivity index is 1.68. The first-order valence-corrected chi connectivity index (χ1v) is 8.17. The fraction of sp³-hybridized carbons (Fsp3) is 0.556. The van der Waals surface area contributed by atoms with Gasteiger partial charge in [-0.3, -0.25) is 9.59 Å². The molecule has 1 aromatic rings. The summed E-state index contributed by atoms with van der Waals surface area (Å²) in [5.74, 6) is 0.338. The minimum atomic E-state index is -0.777. The van der Waals surface area contributed by atoms with E-state index in [4.69, 9.17) is 0 Å². The van der Waals surface area contributed by atoms with Gasteiger partial charge in [-0.2, -0.15) is 0 Å². The van der Waals surface area contributed by atoms with E-state index in [1.54, 1.807) is 0 Å². The molecule has 4 nitrogen and oxygen atoms in total. The van der Waals surface area contributed by atoms with Crippen molar-refractivity contribution in [1.29, 1.82) is 0 Å². The maximum absolute atomic E-state index is 12.8. The lowest BCUT2D eigenvalue weighted by Gasteiger charge is -2.31. The average molecular weight is 300 g/mol. The second kappa shape index (κ2) is 5.75. The molecule has 4 heteroatoms. The van der Waals surface area contributed by atoms with Gasteiger partial charge in [-0.15, -0.1) is 0 Å². The van der Waals surface area contributed by atoms with Crippen LogP contribution < -0.4 is 5.32 Å². The Morgan fingerprint density at radius 2 is 1.91 bits per heavy atom. The molecule has 118 valence electrons. The van der Waals surface area contributed by atoms with Gasteiger partial charge in [0.15, 0.2) is 0 Å². The minimum Gasteiger partial charge on any atom is -0.355 e. The third-order valence-corrected chi connectivity index (χ3v) is 4.68. The molecule has 1 aromatic carbocycles. The quantitative estimate of drug-likeness (QED) is 0.866. The fourth-order valence-electron chi connectivity index (χ4n) is 3.10. The molecule has 2 amide bonds. The number of nitrogens with one attached hydrogen (secondary N) is 1. The lowest BCUT2D eigenvalue weighted by atomic mass is 9.97. The Hall–Kier alpha value is -1.84. The number of hydrogen-bond donors (Lipinski definition) is 1. The summed E-state index contributed by atoms with van der Waals surface area (Å²) in [4.78, 5) is 27.1. The number of fused-ring (bicyclic) bond motifs is 1. The predicted octanol–water partition coefficient (Wildman–Crippen LogP) is 2.12. The van der Waals surface area contributed by atoms with E-state index in [0.29, 0.717) is 31.8 Å². The number of nitrogens with zero attached hydrogens (tertiary/aromatic N) is 1. The topological polar surface area (TPSA) is 49.4 Å². The minimum absolute atomic E-state index is 0.0169. The van der Waals surface area contributed by atoms with E-state index in [-0.39, 0.29) is 11.8 Å². The molecule has 0 saturated heterocycles. The molecule has 0 radical (unpaired) electrons. The summed E-state index contributed by atoms with van der Waals surface area (Å²) in [6, 6.07) is 8.25. The summed E-state index contributed by atoms with van der Waals surface area (Å²) in [6.45, 7) is 6.10. The van der Waals surface area contributed by atoms with Crippen molar-refractivity contribution in [3.63, 3.8) is 0 Å². The zero-order chi connectivity index (χ0) is 15.7. The van der Waals surface area contributed by atoms with Crippen molar-refractivity contribution in [3.8, 4) is 0 Å². The van der Waals surface area contributed by atoms with Gasteiger partial charge in [0.05, 0.1) is 0 Å². The maximum Gasteiger partial charge on any atom is 0.238 e. The van der Waals surface area contributed by atoms with Crippen LogP contribution in [-0.4, -0.2) is 29.8 Å². The van der Waals surface area contributed by atoms with Gasteiger partial charge >= 0.3 is 0 Å². The van der Waals surface area contributed by atoms with Crippen molar-refractivity contribution >= 4 is 11.8 Å². The molecule has 0 spiro atoms. The molecule has 0 aromatic heterocycles. The Bertz CT molecular complexity index is 591. The summed E-state index contributed by atoms with van der Waals surface area (Å²) < 4.78 is 0. The lowest BCUT2D eigenvalue weighted by molar-refractivity contribution is -0.145. The van der Waals surface area contributed by atoms with E-state index < -0.39 is 5.41 Å².